The average Bonchev–Trinajstić information content (AvgIpc) is 2.40. The Bertz CT molecular complexity index is 294. The van der Waals surface area contributed by atoms with E-state index in [2.05, 4.69) is 0 Å². The maximum absolute atomic E-state index is 11.6. The number of carbonyl (C=O) groups excluding carboxylic acids is 2. The molecule has 1 aliphatic carbocycles. The monoisotopic (exact) mass is 207 g/mol. The zero-order valence-corrected chi connectivity index (χ0v) is 9.16. The van der Waals surface area contributed by atoms with Gasteiger partial charge in [0.2, 0.25) is 0 Å². The van der Waals surface area contributed by atoms with Crippen LogP contribution in [-0.4, -0.2) is 22.3 Å². The molecule has 0 bridgehead atoms. The van der Waals surface area contributed by atoms with Crippen molar-refractivity contribution in [3.63, 3.8) is 0 Å². The molecule has 0 saturated heterocycles. The molecule has 1 heterocycles. The fourth-order valence-electron chi connectivity index (χ4n) is 2.65. The van der Waals surface area contributed by atoms with E-state index in [9.17, 15) is 9.59 Å². The van der Waals surface area contributed by atoms with Crippen molar-refractivity contribution in [1.29, 1.82) is 0 Å². The summed E-state index contributed by atoms with van der Waals surface area (Å²) in [4.78, 5) is 24.7. The normalized spacial score (nSPS) is 25.8. The fourth-order valence-corrected chi connectivity index (χ4v) is 2.65. The Morgan fingerprint density at radius 3 is 1.93 bits per heavy atom. The van der Waals surface area contributed by atoms with E-state index < -0.39 is 0 Å². The number of carbonyl (C=O) groups is 2. The number of imide groups is 1. The van der Waals surface area contributed by atoms with Crippen molar-refractivity contribution in [3.05, 3.63) is 12.2 Å². The summed E-state index contributed by atoms with van der Waals surface area (Å²) in [6, 6.07) is 0. The van der Waals surface area contributed by atoms with E-state index in [4.69, 9.17) is 0 Å². The molecule has 0 spiro atoms. The lowest BCUT2D eigenvalue weighted by atomic mass is 9.90. The largest absolute Gasteiger partial charge is 0.269 e. The number of hydrogen-bond acceptors (Lipinski definition) is 2. The molecule has 0 atom stereocenters. The van der Waals surface area contributed by atoms with E-state index >= 15 is 0 Å². The molecule has 15 heavy (non-hydrogen) atoms. The lowest BCUT2D eigenvalue weighted by Gasteiger charge is -2.36. The van der Waals surface area contributed by atoms with Crippen molar-refractivity contribution in [2.75, 3.05) is 0 Å². The van der Waals surface area contributed by atoms with Crippen molar-refractivity contribution in [1.82, 2.24) is 4.90 Å². The van der Waals surface area contributed by atoms with Crippen LogP contribution in [0.4, 0.5) is 0 Å². The molecule has 82 valence electrons. The molecule has 1 fully saturated rings. The van der Waals surface area contributed by atoms with E-state index in [-0.39, 0.29) is 17.4 Å². The van der Waals surface area contributed by atoms with Crippen molar-refractivity contribution in [2.45, 2.75) is 51.0 Å². The summed E-state index contributed by atoms with van der Waals surface area (Å²) >= 11 is 0. The first-order valence-corrected chi connectivity index (χ1v) is 5.70. The van der Waals surface area contributed by atoms with Gasteiger partial charge in [0.05, 0.1) is 0 Å². The lowest BCUT2D eigenvalue weighted by molar-refractivity contribution is -0.144. The van der Waals surface area contributed by atoms with Crippen LogP contribution in [0.25, 0.3) is 0 Å². The predicted octanol–water partition coefficient (Wildman–Crippen LogP) is 2.02. The van der Waals surface area contributed by atoms with Crippen LogP contribution in [-0.2, 0) is 9.59 Å². The predicted molar refractivity (Wildman–Crippen MR) is 57.1 cm³/mol. The zero-order valence-electron chi connectivity index (χ0n) is 9.16. The van der Waals surface area contributed by atoms with Crippen LogP contribution in [0.5, 0.6) is 0 Å². The summed E-state index contributed by atoms with van der Waals surface area (Å²) in [7, 11) is 0. The van der Waals surface area contributed by atoms with Gasteiger partial charge in [-0.15, -0.1) is 0 Å². The van der Waals surface area contributed by atoms with E-state index in [0.717, 1.165) is 25.7 Å². The van der Waals surface area contributed by atoms with Gasteiger partial charge in [0.15, 0.2) is 0 Å². The molecular formula is C12H17NO2. The summed E-state index contributed by atoms with van der Waals surface area (Å²) in [5.41, 5.74) is -0.242. The highest BCUT2D eigenvalue weighted by atomic mass is 16.2. The Kier molecular flexibility index (Phi) is 2.63. The molecule has 0 radical (unpaired) electrons. The standard InChI is InChI=1S/C12H17NO2/c1-12(8-4-2-3-5-9-12)13-10(14)6-7-11(13)15/h6-7H,2-5,8-9H2,1H3. The minimum Gasteiger partial charge on any atom is -0.269 e. The van der Waals surface area contributed by atoms with Crippen LogP contribution >= 0.6 is 0 Å². The van der Waals surface area contributed by atoms with Crippen LogP contribution in [0, 0.1) is 0 Å². The smallest absolute Gasteiger partial charge is 0.254 e. The molecule has 0 aromatic carbocycles. The molecule has 0 aromatic rings. The second-order valence-corrected chi connectivity index (χ2v) is 4.76. The molecule has 3 nitrogen and oxygen atoms in total. The van der Waals surface area contributed by atoms with Gasteiger partial charge in [-0.2, -0.15) is 0 Å². The Labute approximate surface area is 90.1 Å². The number of amides is 2. The molecule has 2 aliphatic rings. The van der Waals surface area contributed by atoms with E-state index in [1.54, 1.807) is 0 Å². The minimum atomic E-state index is -0.242. The maximum Gasteiger partial charge on any atom is 0.254 e. The first-order chi connectivity index (χ1) is 7.13. The molecule has 0 N–H and O–H groups in total. The lowest BCUT2D eigenvalue weighted by Crippen LogP contribution is -2.49. The molecular weight excluding hydrogens is 190 g/mol. The van der Waals surface area contributed by atoms with Crippen LogP contribution in [0.1, 0.15) is 45.4 Å². The molecule has 3 heteroatoms. The van der Waals surface area contributed by atoms with Crippen molar-refractivity contribution in [3.8, 4) is 0 Å². The van der Waals surface area contributed by atoms with Gasteiger partial charge in [-0.05, 0) is 19.8 Å². The fraction of sp³-hybridized carbons (Fsp3) is 0.667. The van der Waals surface area contributed by atoms with E-state index in [1.807, 2.05) is 6.92 Å². The highest BCUT2D eigenvalue weighted by Crippen LogP contribution is 2.33. The maximum atomic E-state index is 11.6. The van der Waals surface area contributed by atoms with E-state index in [1.165, 1.54) is 29.9 Å². The van der Waals surface area contributed by atoms with Gasteiger partial charge in [0, 0.05) is 17.7 Å². The molecule has 0 aromatic heterocycles. The van der Waals surface area contributed by atoms with Gasteiger partial charge in [0.1, 0.15) is 0 Å². The zero-order chi connectivity index (χ0) is 10.9. The summed E-state index contributed by atoms with van der Waals surface area (Å²) < 4.78 is 0. The Morgan fingerprint density at radius 1 is 1.00 bits per heavy atom. The van der Waals surface area contributed by atoms with Gasteiger partial charge < -0.3 is 0 Å². The molecule has 1 saturated carbocycles. The third kappa shape index (κ3) is 1.83. The highest BCUT2D eigenvalue weighted by molar-refractivity contribution is 6.13. The molecule has 2 amide bonds. The Morgan fingerprint density at radius 2 is 1.47 bits per heavy atom. The van der Waals surface area contributed by atoms with Crippen molar-refractivity contribution >= 4 is 11.8 Å². The summed E-state index contributed by atoms with van der Waals surface area (Å²) in [5.74, 6) is -0.270. The summed E-state index contributed by atoms with van der Waals surface area (Å²) in [5, 5.41) is 0. The summed E-state index contributed by atoms with van der Waals surface area (Å²) in [6.45, 7) is 2.04. The van der Waals surface area contributed by atoms with Gasteiger partial charge in [-0.3, -0.25) is 14.5 Å². The number of rotatable bonds is 1. The Hall–Kier alpha value is -1.12. The molecule has 2 rings (SSSR count). The van der Waals surface area contributed by atoms with Crippen LogP contribution in [0.2, 0.25) is 0 Å². The number of hydrogen-bond donors (Lipinski definition) is 0. The molecule has 1 aliphatic heterocycles. The molecule has 0 unspecified atom stereocenters. The topological polar surface area (TPSA) is 37.4 Å². The van der Waals surface area contributed by atoms with Crippen LogP contribution in [0.3, 0.4) is 0 Å². The van der Waals surface area contributed by atoms with Gasteiger partial charge in [0.25, 0.3) is 11.8 Å². The van der Waals surface area contributed by atoms with Crippen molar-refractivity contribution < 1.29 is 9.59 Å². The van der Waals surface area contributed by atoms with Crippen molar-refractivity contribution in [2.24, 2.45) is 0 Å². The summed E-state index contributed by atoms with van der Waals surface area (Å²) in [6.07, 6.45) is 9.36. The second-order valence-electron chi connectivity index (χ2n) is 4.76. The third-order valence-electron chi connectivity index (χ3n) is 3.53. The first-order valence-electron chi connectivity index (χ1n) is 5.70. The van der Waals surface area contributed by atoms with Crippen LogP contribution in [0.15, 0.2) is 12.2 Å². The quantitative estimate of drug-likeness (QED) is 0.487. The Balaban J connectivity index is 2.20. The second kappa shape index (κ2) is 3.80. The van der Waals surface area contributed by atoms with Gasteiger partial charge >= 0.3 is 0 Å². The first kappa shape index (κ1) is 10.4. The van der Waals surface area contributed by atoms with Crippen LogP contribution < -0.4 is 0 Å². The van der Waals surface area contributed by atoms with Gasteiger partial charge in [-0.25, -0.2) is 0 Å². The number of nitrogens with zero attached hydrogens (tertiary/aromatic N) is 1. The third-order valence-corrected chi connectivity index (χ3v) is 3.53. The minimum absolute atomic E-state index is 0.135. The average molecular weight is 207 g/mol. The SMILES string of the molecule is CC1(N2C(=O)C=CC2=O)CCCCCC1. The highest BCUT2D eigenvalue weighted by Gasteiger charge is 2.40. The van der Waals surface area contributed by atoms with E-state index in [0.29, 0.717) is 0 Å². The van der Waals surface area contributed by atoms with Gasteiger partial charge in [-0.1, -0.05) is 25.7 Å².